The Bertz CT molecular complexity index is 907. The maximum atomic E-state index is 12.3. The zero-order valence-corrected chi connectivity index (χ0v) is 17.0. The summed E-state index contributed by atoms with van der Waals surface area (Å²) in [5.41, 5.74) is 3.29. The lowest BCUT2D eigenvalue weighted by molar-refractivity contribution is -0.119. The smallest absolute Gasteiger partial charge is 0.230 e. The van der Waals surface area contributed by atoms with Crippen molar-refractivity contribution < 1.29 is 9.53 Å². The Morgan fingerprint density at radius 1 is 1.18 bits per heavy atom. The average molecular weight is 397 g/mol. The van der Waals surface area contributed by atoms with E-state index in [2.05, 4.69) is 51.7 Å². The number of carbonyl (C=O) groups is 1. The molecule has 1 heterocycles. The van der Waals surface area contributed by atoms with Gasteiger partial charge in [-0.05, 0) is 48.7 Å². The molecule has 3 rings (SSSR count). The monoisotopic (exact) mass is 396 g/mol. The zero-order valence-electron chi connectivity index (χ0n) is 16.2. The van der Waals surface area contributed by atoms with Crippen LogP contribution in [0.2, 0.25) is 0 Å². The van der Waals surface area contributed by atoms with Crippen LogP contribution in [-0.2, 0) is 11.2 Å². The molecule has 0 fully saturated rings. The van der Waals surface area contributed by atoms with Gasteiger partial charge in [0.15, 0.2) is 5.82 Å². The summed E-state index contributed by atoms with van der Waals surface area (Å²) in [7, 11) is 1.63. The van der Waals surface area contributed by atoms with E-state index in [-0.39, 0.29) is 17.7 Å². The summed E-state index contributed by atoms with van der Waals surface area (Å²) in [5, 5.41) is 10.6. The van der Waals surface area contributed by atoms with Gasteiger partial charge in [0.1, 0.15) is 5.75 Å². The third kappa shape index (κ3) is 5.13. The molecule has 0 aliphatic rings. The van der Waals surface area contributed by atoms with Crippen LogP contribution in [-0.4, -0.2) is 34.0 Å². The van der Waals surface area contributed by atoms with Gasteiger partial charge in [-0.3, -0.25) is 9.89 Å². The normalized spacial score (nSPS) is 11.8. The fourth-order valence-corrected chi connectivity index (χ4v) is 3.34. The summed E-state index contributed by atoms with van der Waals surface area (Å²) in [4.78, 5) is 16.7. The molecule has 0 saturated carbocycles. The molecule has 28 heavy (non-hydrogen) atoms. The first-order valence-corrected chi connectivity index (χ1v) is 10.2. The molecule has 0 unspecified atom stereocenters. The Morgan fingerprint density at radius 2 is 1.89 bits per heavy atom. The van der Waals surface area contributed by atoms with Gasteiger partial charge >= 0.3 is 0 Å². The van der Waals surface area contributed by atoms with Gasteiger partial charge < -0.3 is 10.1 Å². The Hall–Kier alpha value is -2.80. The number of H-pyrrole nitrogens is 1. The van der Waals surface area contributed by atoms with Gasteiger partial charge in [-0.15, -0.1) is 5.10 Å². The number of hydrogen-bond acceptors (Lipinski definition) is 5. The standard InChI is InChI=1S/C21H24N4O2S/c1-4-15-5-7-16(8-6-15)14(2)22-19(26)13-28-21-23-20(24-25-21)17-9-11-18(27-3)12-10-17/h5-12,14H,4,13H2,1-3H3,(H,22,26)(H,23,24,25)/t14-/m1/s1. The van der Waals surface area contributed by atoms with Gasteiger partial charge in [0.05, 0.1) is 18.9 Å². The van der Waals surface area contributed by atoms with Crippen LogP contribution >= 0.6 is 11.8 Å². The zero-order chi connectivity index (χ0) is 19.9. The summed E-state index contributed by atoms with van der Waals surface area (Å²) in [6.07, 6.45) is 1.01. The van der Waals surface area contributed by atoms with Crippen LogP contribution in [0.5, 0.6) is 5.75 Å². The molecule has 3 aromatic rings. The fraction of sp³-hybridized carbons (Fsp3) is 0.286. The predicted molar refractivity (Wildman–Crippen MR) is 111 cm³/mol. The second-order valence-electron chi connectivity index (χ2n) is 6.37. The maximum absolute atomic E-state index is 12.3. The van der Waals surface area contributed by atoms with E-state index >= 15 is 0 Å². The first kappa shape index (κ1) is 19.9. The number of aromatic amines is 1. The molecule has 1 amide bonds. The summed E-state index contributed by atoms with van der Waals surface area (Å²) < 4.78 is 5.16. The Labute approximate surface area is 169 Å². The molecule has 0 radical (unpaired) electrons. The number of nitrogens with one attached hydrogen (secondary N) is 2. The molecule has 6 nitrogen and oxygen atoms in total. The number of ether oxygens (including phenoxy) is 1. The van der Waals surface area contributed by atoms with Crippen molar-refractivity contribution in [2.45, 2.75) is 31.5 Å². The molecule has 2 aromatic carbocycles. The number of aryl methyl sites for hydroxylation is 1. The number of hydrogen-bond donors (Lipinski definition) is 2. The van der Waals surface area contributed by atoms with E-state index in [4.69, 9.17) is 4.74 Å². The van der Waals surface area contributed by atoms with Gasteiger partial charge in [-0.25, -0.2) is 4.98 Å². The molecule has 1 atom stereocenters. The van der Waals surface area contributed by atoms with Crippen molar-refractivity contribution >= 4 is 17.7 Å². The predicted octanol–water partition coefficient (Wildman–Crippen LogP) is 4.01. The van der Waals surface area contributed by atoms with Crippen LogP contribution in [0, 0.1) is 0 Å². The van der Waals surface area contributed by atoms with Gasteiger partial charge in [0.25, 0.3) is 0 Å². The average Bonchev–Trinajstić information content (AvgIpc) is 3.21. The first-order chi connectivity index (χ1) is 13.6. The molecule has 0 saturated heterocycles. The number of nitrogens with zero attached hydrogens (tertiary/aromatic N) is 2. The minimum Gasteiger partial charge on any atom is -0.497 e. The molecule has 0 spiro atoms. The van der Waals surface area contributed by atoms with Crippen LogP contribution in [0.25, 0.3) is 11.4 Å². The SMILES string of the molecule is CCc1ccc([C@@H](C)NC(=O)CSc2n[nH]c(-c3ccc(OC)cc3)n2)cc1. The lowest BCUT2D eigenvalue weighted by atomic mass is 10.1. The van der Waals surface area contributed by atoms with Crippen molar-refractivity contribution in [3.05, 3.63) is 59.7 Å². The number of thioether (sulfide) groups is 1. The van der Waals surface area contributed by atoms with Crippen molar-refractivity contribution in [2.75, 3.05) is 12.9 Å². The van der Waals surface area contributed by atoms with Crippen molar-refractivity contribution in [1.29, 1.82) is 0 Å². The highest BCUT2D eigenvalue weighted by Crippen LogP contribution is 2.22. The van der Waals surface area contributed by atoms with E-state index in [0.29, 0.717) is 11.0 Å². The minimum atomic E-state index is -0.0483. The summed E-state index contributed by atoms with van der Waals surface area (Å²) in [6, 6.07) is 15.8. The number of rotatable bonds is 8. The Balaban J connectivity index is 1.52. The van der Waals surface area contributed by atoms with Crippen LogP contribution in [0.4, 0.5) is 0 Å². The molecule has 0 aliphatic carbocycles. The Kier molecular flexibility index (Phi) is 6.71. The molecule has 1 aromatic heterocycles. The van der Waals surface area contributed by atoms with E-state index in [0.717, 1.165) is 23.3 Å². The molecule has 7 heteroatoms. The Morgan fingerprint density at radius 3 is 2.54 bits per heavy atom. The van der Waals surface area contributed by atoms with Crippen molar-refractivity contribution in [1.82, 2.24) is 20.5 Å². The first-order valence-electron chi connectivity index (χ1n) is 9.17. The summed E-state index contributed by atoms with van der Waals surface area (Å²) in [5.74, 6) is 1.66. The maximum Gasteiger partial charge on any atom is 0.230 e. The summed E-state index contributed by atoms with van der Waals surface area (Å²) >= 11 is 1.30. The quantitative estimate of drug-likeness (QED) is 0.562. The minimum absolute atomic E-state index is 0.0407. The molecule has 146 valence electrons. The number of methoxy groups -OCH3 is 1. The summed E-state index contributed by atoms with van der Waals surface area (Å²) in [6.45, 7) is 4.11. The molecular formula is C21H24N4O2S. The van der Waals surface area contributed by atoms with E-state index in [9.17, 15) is 4.79 Å². The molecule has 0 aliphatic heterocycles. The largest absolute Gasteiger partial charge is 0.497 e. The third-order valence-electron chi connectivity index (χ3n) is 4.43. The van der Waals surface area contributed by atoms with Crippen LogP contribution < -0.4 is 10.1 Å². The van der Waals surface area contributed by atoms with Gasteiger partial charge in [-0.2, -0.15) is 0 Å². The number of aromatic nitrogens is 3. The lowest BCUT2D eigenvalue weighted by Crippen LogP contribution is -2.28. The second kappa shape index (κ2) is 9.41. The molecule has 0 bridgehead atoms. The van der Waals surface area contributed by atoms with E-state index < -0.39 is 0 Å². The van der Waals surface area contributed by atoms with Gasteiger partial charge in [-0.1, -0.05) is 43.0 Å². The topological polar surface area (TPSA) is 79.9 Å². The highest BCUT2D eigenvalue weighted by Gasteiger charge is 2.12. The van der Waals surface area contributed by atoms with Crippen LogP contribution in [0.3, 0.4) is 0 Å². The van der Waals surface area contributed by atoms with E-state index in [1.54, 1.807) is 7.11 Å². The number of benzene rings is 2. The lowest BCUT2D eigenvalue weighted by Gasteiger charge is -2.14. The van der Waals surface area contributed by atoms with Gasteiger partial charge in [0, 0.05) is 5.56 Å². The van der Waals surface area contributed by atoms with E-state index in [1.165, 1.54) is 17.3 Å². The van der Waals surface area contributed by atoms with Crippen molar-refractivity contribution in [2.24, 2.45) is 0 Å². The van der Waals surface area contributed by atoms with E-state index in [1.807, 2.05) is 31.2 Å². The van der Waals surface area contributed by atoms with Crippen LogP contribution in [0.1, 0.15) is 31.0 Å². The third-order valence-corrected chi connectivity index (χ3v) is 5.27. The number of amides is 1. The number of carbonyl (C=O) groups excluding carboxylic acids is 1. The van der Waals surface area contributed by atoms with Gasteiger partial charge in [0.2, 0.25) is 11.1 Å². The van der Waals surface area contributed by atoms with Crippen molar-refractivity contribution in [3.8, 4) is 17.1 Å². The molecular weight excluding hydrogens is 372 g/mol. The second-order valence-corrected chi connectivity index (χ2v) is 7.31. The fourth-order valence-electron chi connectivity index (χ4n) is 2.73. The highest BCUT2D eigenvalue weighted by molar-refractivity contribution is 7.99. The molecule has 2 N–H and O–H groups in total. The van der Waals surface area contributed by atoms with Crippen LogP contribution in [0.15, 0.2) is 53.7 Å². The highest BCUT2D eigenvalue weighted by atomic mass is 32.2. The van der Waals surface area contributed by atoms with Crippen molar-refractivity contribution in [3.63, 3.8) is 0 Å².